The van der Waals surface area contributed by atoms with Crippen LogP contribution in [0.25, 0.3) is 32.2 Å². The number of nitrogens with zero attached hydrogens (tertiary/aromatic N) is 3. The third-order valence-corrected chi connectivity index (χ3v) is 5.80. The van der Waals surface area contributed by atoms with Gasteiger partial charge in [-0.15, -0.1) is 11.3 Å². The van der Waals surface area contributed by atoms with E-state index in [2.05, 4.69) is 30.9 Å². The van der Waals surface area contributed by atoms with Crippen molar-refractivity contribution in [1.29, 1.82) is 0 Å². The Labute approximate surface area is 181 Å². The highest BCUT2D eigenvalue weighted by atomic mass is 32.1. The Kier molecular flexibility index (Phi) is 4.89. The lowest BCUT2D eigenvalue weighted by molar-refractivity contribution is 0.415. The molecule has 0 amide bonds. The van der Waals surface area contributed by atoms with Crippen LogP contribution in [-0.2, 0) is 0 Å². The quantitative estimate of drug-likeness (QED) is 0.315. The van der Waals surface area contributed by atoms with Crippen LogP contribution in [0.5, 0.6) is 5.75 Å². The molecule has 0 bridgehead atoms. The number of ether oxygens (including phenoxy) is 1. The lowest BCUT2D eigenvalue weighted by Gasteiger charge is -2.05. The number of benzene rings is 2. The van der Waals surface area contributed by atoms with Crippen LogP contribution in [0.2, 0.25) is 0 Å². The van der Waals surface area contributed by atoms with Crippen molar-refractivity contribution in [3.8, 4) is 16.9 Å². The van der Waals surface area contributed by atoms with Gasteiger partial charge in [0.2, 0.25) is 0 Å². The zero-order chi connectivity index (χ0) is 21.2. The van der Waals surface area contributed by atoms with Gasteiger partial charge in [0.25, 0.3) is 5.56 Å². The van der Waals surface area contributed by atoms with Crippen molar-refractivity contribution in [2.75, 3.05) is 12.5 Å². The van der Waals surface area contributed by atoms with Gasteiger partial charge in [-0.2, -0.15) is 5.10 Å². The summed E-state index contributed by atoms with van der Waals surface area (Å²) in [6, 6.07) is 17.4. The van der Waals surface area contributed by atoms with E-state index in [9.17, 15) is 4.79 Å². The Morgan fingerprint density at radius 2 is 2.00 bits per heavy atom. The van der Waals surface area contributed by atoms with Gasteiger partial charge in [-0.3, -0.25) is 10.2 Å². The van der Waals surface area contributed by atoms with Crippen molar-refractivity contribution in [3.05, 3.63) is 82.2 Å². The lowest BCUT2D eigenvalue weighted by Crippen LogP contribution is -2.12. The van der Waals surface area contributed by atoms with Gasteiger partial charge in [-0.1, -0.05) is 30.3 Å². The molecule has 0 saturated heterocycles. The molecule has 5 rings (SSSR count). The number of hydrogen-bond acceptors (Lipinski definition) is 7. The summed E-state index contributed by atoms with van der Waals surface area (Å²) in [6.45, 7) is 0. The van der Waals surface area contributed by atoms with E-state index < -0.39 is 0 Å². The van der Waals surface area contributed by atoms with Gasteiger partial charge in [0.1, 0.15) is 16.9 Å². The number of rotatable bonds is 5. The Morgan fingerprint density at radius 3 is 2.84 bits per heavy atom. The fraction of sp³-hybridized carbons (Fsp3) is 0.0435. The first-order valence-corrected chi connectivity index (χ1v) is 10.4. The largest absolute Gasteiger partial charge is 0.497 e. The van der Waals surface area contributed by atoms with Crippen LogP contribution in [0.15, 0.2) is 76.2 Å². The molecule has 0 atom stereocenters. The number of anilines is 1. The normalized spacial score (nSPS) is 11.4. The van der Waals surface area contributed by atoms with Crippen LogP contribution in [0.4, 0.5) is 5.82 Å². The van der Waals surface area contributed by atoms with Crippen molar-refractivity contribution in [2.45, 2.75) is 0 Å². The van der Waals surface area contributed by atoms with Crippen LogP contribution in [0, 0.1) is 0 Å². The molecule has 8 heteroatoms. The van der Waals surface area contributed by atoms with E-state index in [0.29, 0.717) is 22.6 Å². The smallest absolute Gasteiger partial charge is 0.257 e. The van der Waals surface area contributed by atoms with Gasteiger partial charge >= 0.3 is 0 Å². The summed E-state index contributed by atoms with van der Waals surface area (Å²) in [5.74, 6) is 1.27. The number of H-pyrrole nitrogens is 1. The van der Waals surface area contributed by atoms with Gasteiger partial charge < -0.3 is 9.72 Å². The van der Waals surface area contributed by atoms with Crippen LogP contribution < -0.4 is 15.7 Å². The van der Waals surface area contributed by atoms with Gasteiger partial charge in [0.05, 0.1) is 29.8 Å². The van der Waals surface area contributed by atoms with E-state index in [0.717, 1.165) is 26.7 Å². The minimum absolute atomic E-state index is 0.236. The molecule has 5 aromatic rings. The number of hydrogen-bond donors (Lipinski definition) is 2. The van der Waals surface area contributed by atoms with Crippen LogP contribution in [0.3, 0.4) is 0 Å². The highest BCUT2D eigenvalue weighted by Crippen LogP contribution is 2.36. The van der Waals surface area contributed by atoms with E-state index in [1.165, 1.54) is 12.5 Å². The summed E-state index contributed by atoms with van der Waals surface area (Å²) in [7, 11) is 1.59. The molecule has 0 unspecified atom stereocenters. The first kappa shape index (κ1) is 19.0. The highest BCUT2D eigenvalue weighted by Gasteiger charge is 2.12. The summed E-state index contributed by atoms with van der Waals surface area (Å²) in [5.41, 5.74) is 6.00. The van der Waals surface area contributed by atoms with Gasteiger partial charge in [-0.05, 0) is 29.1 Å². The average molecular weight is 427 g/mol. The molecular weight excluding hydrogens is 410 g/mol. The maximum absolute atomic E-state index is 12.4. The fourth-order valence-electron chi connectivity index (χ4n) is 3.37. The van der Waals surface area contributed by atoms with E-state index >= 15 is 0 Å². The Bertz CT molecular complexity index is 1470. The van der Waals surface area contributed by atoms with Gasteiger partial charge in [0.15, 0.2) is 5.82 Å². The number of hydrazone groups is 1. The molecule has 2 aromatic carbocycles. The molecule has 31 heavy (non-hydrogen) atoms. The second-order valence-corrected chi connectivity index (χ2v) is 7.65. The zero-order valence-electron chi connectivity index (χ0n) is 16.5. The number of pyridine rings is 1. The third kappa shape index (κ3) is 3.64. The van der Waals surface area contributed by atoms with Crippen LogP contribution in [0.1, 0.15) is 5.56 Å². The number of aromatic nitrogens is 3. The molecule has 0 saturated carbocycles. The monoisotopic (exact) mass is 427 g/mol. The number of thiophene rings is 1. The number of methoxy groups -OCH3 is 1. The fourth-order valence-corrected chi connectivity index (χ4v) is 4.29. The second kappa shape index (κ2) is 8.00. The first-order valence-electron chi connectivity index (χ1n) is 9.51. The molecular formula is C23H17N5O2S. The molecule has 0 spiro atoms. The Morgan fingerprint density at radius 1 is 1.13 bits per heavy atom. The predicted molar refractivity (Wildman–Crippen MR) is 125 cm³/mol. The minimum atomic E-state index is -0.236. The van der Waals surface area contributed by atoms with Crippen molar-refractivity contribution >= 4 is 44.5 Å². The maximum atomic E-state index is 12.4. The SMILES string of the molecule is COc1ccc2cc(/C=N/Nc3ncnc4scc(-c5ccccc5)c34)c(=O)[nH]c2c1. The van der Waals surface area contributed by atoms with Crippen molar-refractivity contribution in [3.63, 3.8) is 0 Å². The van der Waals surface area contributed by atoms with Crippen molar-refractivity contribution in [2.24, 2.45) is 5.10 Å². The molecule has 2 N–H and O–H groups in total. The first-order chi connectivity index (χ1) is 15.2. The number of fused-ring (bicyclic) bond motifs is 2. The summed E-state index contributed by atoms with van der Waals surface area (Å²) in [4.78, 5) is 24.9. The van der Waals surface area contributed by atoms with Gasteiger partial charge in [0, 0.05) is 17.0 Å². The van der Waals surface area contributed by atoms with Crippen LogP contribution in [-0.4, -0.2) is 28.3 Å². The molecule has 0 fully saturated rings. The second-order valence-electron chi connectivity index (χ2n) is 6.79. The average Bonchev–Trinajstić information content (AvgIpc) is 3.25. The predicted octanol–water partition coefficient (Wildman–Crippen LogP) is 4.65. The van der Waals surface area contributed by atoms with E-state index in [4.69, 9.17) is 4.74 Å². The summed E-state index contributed by atoms with van der Waals surface area (Å²) >= 11 is 1.55. The molecule has 3 aromatic heterocycles. The number of aromatic amines is 1. The number of nitrogens with one attached hydrogen (secondary N) is 2. The molecule has 0 aliphatic heterocycles. The van der Waals surface area contributed by atoms with E-state index in [1.54, 1.807) is 30.6 Å². The zero-order valence-corrected chi connectivity index (χ0v) is 17.3. The lowest BCUT2D eigenvalue weighted by atomic mass is 10.1. The molecule has 7 nitrogen and oxygen atoms in total. The minimum Gasteiger partial charge on any atom is -0.497 e. The standard InChI is InChI=1S/C23H17N5O2S/c1-30-17-8-7-15-9-16(22(29)27-19(15)10-17)11-26-28-21-20-18(14-5-3-2-4-6-14)12-31-23(20)25-13-24-21/h2-13H,1H3,(H,27,29)(H,24,25,28)/b26-11+. The van der Waals surface area contributed by atoms with Crippen molar-refractivity contribution in [1.82, 2.24) is 15.0 Å². The molecule has 0 aliphatic rings. The molecule has 0 radical (unpaired) electrons. The Hall–Kier alpha value is -4.04. The Balaban J connectivity index is 1.48. The van der Waals surface area contributed by atoms with Crippen LogP contribution >= 0.6 is 11.3 Å². The molecule has 0 aliphatic carbocycles. The summed E-state index contributed by atoms with van der Waals surface area (Å²) in [6.07, 6.45) is 2.99. The summed E-state index contributed by atoms with van der Waals surface area (Å²) < 4.78 is 5.21. The topological polar surface area (TPSA) is 92.3 Å². The highest BCUT2D eigenvalue weighted by molar-refractivity contribution is 7.17. The van der Waals surface area contributed by atoms with Crippen molar-refractivity contribution < 1.29 is 4.74 Å². The van der Waals surface area contributed by atoms with E-state index in [1.807, 2.05) is 42.5 Å². The van der Waals surface area contributed by atoms with Gasteiger partial charge in [-0.25, -0.2) is 9.97 Å². The maximum Gasteiger partial charge on any atom is 0.257 e. The molecule has 152 valence electrons. The summed E-state index contributed by atoms with van der Waals surface area (Å²) in [5, 5.41) is 8.12. The third-order valence-electron chi connectivity index (χ3n) is 4.91. The van der Waals surface area contributed by atoms with E-state index in [-0.39, 0.29) is 5.56 Å². The molecule has 3 heterocycles.